The second-order valence-electron chi connectivity index (χ2n) is 5.38. The number of rotatable bonds is 4. The van der Waals surface area contributed by atoms with E-state index >= 15 is 0 Å². The molecule has 0 saturated heterocycles. The first-order chi connectivity index (χ1) is 8.70. The molecule has 1 aliphatic carbocycles. The van der Waals surface area contributed by atoms with Crippen LogP contribution in [0.5, 0.6) is 0 Å². The quantitative estimate of drug-likeness (QED) is 0.859. The molecule has 1 aromatic heterocycles. The summed E-state index contributed by atoms with van der Waals surface area (Å²) in [6.45, 7) is 5.40. The Hall–Kier alpha value is -1.16. The molecule has 4 nitrogen and oxygen atoms in total. The van der Waals surface area contributed by atoms with Gasteiger partial charge in [0.2, 0.25) is 0 Å². The van der Waals surface area contributed by atoms with E-state index in [1.807, 2.05) is 6.92 Å². The zero-order chi connectivity index (χ0) is 13.0. The Morgan fingerprint density at radius 1 is 1.17 bits per heavy atom. The van der Waals surface area contributed by atoms with Crippen LogP contribution in [0, 0.1) is 25.7 Å². The number of aliphatic hydroxyl groups excluding tert-OH is 1. The molecule has 0 bridgehead atoms. The molecule has 2 rings (SSSR count). The normalized spacial score (nSPS) is 23.9. The Balaban J connectivity index is 1.83. The average Bonchev–Trinajstić information content (AvgIpc) is 2.41. The minimum atomic E-state index is 0.352. The number of nitrogens with zero attached hydrogens (tertiary/aromatic N) is 2. The Bertz CT molecular complexity index is 387. The third kappa shape index (κ3) is 3.19. The first-order valence-corrected chi connectivity index (χ1v) is 6.83. The van der Waals surface area contributed by atoms with Gasteiger partial charge in [-0.05, 0) is 51.4 Å². The van der Waals surface area contributed by atoms with Gasteiger partial charge in [0.15, 0.2) is 0 Å². The predicted molar refractivity (Wildman–Crippen MR) is 72.5 cm³/mol. The summed E-state index contributed by atoms with van der Waals surface area (Å²) in [7, 11) is 0. The van der Waals surface area contributed by atoms with E-state index in [0.717, 1.165) is 36.5 Å². The molecular weight excluding hydrogens is 226 g/mol. The summed E-state index contributed by atoms with van der Waals surface area (Å²) in [5.74, 6) is 2.21. The summed E-state index contributed by atoms with van der Waals surface area (Å²) in [6.07, 6.45) is 6.35. The Kier molecular flexibility index (Phi) is 4.53. The van der Waals surface area contributed by atoms with Crippen LogP contribution in [0.25, 0.3) is 0 Å². The molecule has 1 heterocycles. The molecule has 0 aromatic carbocycles. The van der Waals surface area contributed by atoms with Gasteiger partial charge in [0.05, 0.1) is 0 Å². The SMILES string of the molecule is Cc1ncnc(NCC2CCC(CO)CC2)c1C. The van der Waals surface area contributed by atoms with Crippen LogP contribution in [0.15, 0.2) is 6.33 Å². The number of aromatic nitrogens is 2. The molecule has 0 spiro atoms. The molecule has 4 heteroatoms. The largest absolute Gasteiger partial charge is 0.396 e. The summed E-state index contributed by atoms with van der Waals surface area (Å²) >= 11 is 0. The van der Waals surface area contributed by atoms with E-state index < -0.39 is 0 Å². The molecule has 0 aliphatic heterocycles. The number of hydrogen-bond acceptors (Lipinski definition) is 4. The van der Waals surface area contributed by atoms with Gasteiger partial charge in [-0.2, -0.15) is 0 Å². The first kappa shape index (κ1) is 13.3. The van der Waals surface area contributed by atoms with E-state index in [-0.39, 0.29) is 0 Å². The van der Waals surface area contributed by atoms with Crippen molar-refractivity contribution in [2.75, 3.05) is 18.5 Å². The molecular formula is C14H23N3O. The van der Waals surface area contributed by atoms with Crippen LogP contribution in [-0.4, -0.2) is 28.2 Å². The maximum absolute atomic E-state index is 9.12. The van der Waals surface area contributed by atoms with Crippen molar-refractivity contribution in [3.8, 4) is 0 Å². The summed E-state index contributed by atoms with van der Waals surface area (Å²) in [6, 6.07) is 0. The van der Waals surface area contributed by atoms with E-state index in [9.17, 15) is 0 Å². The molecule has 1 fully saturated rings. The second kappa shape index (κ2) is 6.14. The highest BCUT2D eigenvalue weighted by atomic mass is 16.3. The second-order valence-corrected chi connectivity index (χ2v) is 5.38. The van der Waals surface area contributed by atoms with Crippen LogP contribution in [0.1, 0.15) is 36.9 Å². The molecule has 0 atom stereocenters. The van der Waals surface area contributed by atoms with Gasteiger partial charge in [-0.15, -0.1) is 0 Å². The van der Waals surface area contributed by atoms with Crippen molar-refractivity contribution in [1.82, 2.24) is 9.97 Å². The standard InChI is InChI=1S/C14H23N3O/c1-10-11(2)16-9-17-14(10)15-7-12-3-5-13(8-18)6-4-12/h9,12-13,18H,3-8H2,1-2H3,(H,15,16,17). The average molecular weight is 249 g/mol. The smallest absolute Gasteiger partial charge is 0.132 e. The number of aliphatic hydroxyl groups is 1. The molecule has 1 aliphatic rings. The van der Waals surface area contributed by atoms with Crippen molar-refractivity contribution in [2.24, 2.45) is 11.8 Å². The monoisotopic (exact) mass is 249 g/mol. The fraction of sp³-hybridized carbons (Fsp3) is 0.714. The van der Waals surface area contributed by atoms with E-state index in [4.69, 9.17) is 5.11 Å². The van der Waals surface area contributed by atoms with Gasteiger partial charge >= 0.3 is 0 Å². The van der Waals surface area contributed by atoms with E-state index in [2.05, 4.69) is 22.2 Å². The first-order valence-electron chi connectivity index (χ1n) is 6.83. The molecule has 2 N–H and O–H groups in total. The molecule has 100 valence electrons. The van der Waals surface area contributed by atoms with Crippen molar-refractivity contribution in [3.63, 3.8) is 0 Å². The van der Waals surface area contributed by atoms with Crippen LogP contribution in [-0.2, 0) is 0 Å². The number of nitrogens with one attached hydrogen (secondary N) is 1. The van der Waals surface area contributed by atoms with Gasteiger partial charge in [0.1, 0.15) is 12.1 Å². The van der Waals surface area contributed by atoms with Crippen molar-refractivity contribution >= 4 is 5.82 Å². The minimum absolute atomic E-state index is 0.352. The highest BCUT2D eigenvalue weighted by molar-refractivity contribution is 5.44. The summed E-state index contributed by atoms with van der Waals surface area (Å²) in [5, 5.41) is 12.6. The van der Waals surface area contributed by atoms with Gasteiger partial charge < -0.3 is 10.4 Å². The third-order valence-corrected chi connectivity index (χ3v) is 4.12. The zero-order valence-corrected chi connectivity index (χ0v) is 11.3. The Morgan fingerprint density at radius 2 is 1.83 bits per heavy atom. The van der Waals surface area contributed by atoms with E-state index in [0.29, 0.717) is 18.4 Å². The van der Waals surface area contributed by atoms with Crippen LogP contribution in [0.3, 0.4) is 0 Å². The van der Waals surface area contributed by atoms with E-state index in [1.165, 1.54) is 12.8 Å². The van der Waals surface area contributed by atoms with Gasteiger partial charge in [0, 0.05) is 24.4 Å². The van der Waals surface area contributed by atoms with Crippen LogP contribution < -0.4 is 5.32 Å². The van der Waals surface area contributed by atoms with Gasteiger partial charge in [-0.1, -0.05) is 0 Å². The maximum atomic E-state index is 9.12. The fourth-order valence-electron chi connectivity index (χ4n) is 2.58. The van der Waals surface area contributed by atoms with E-state index in [1.54, 1.807) is 6.33 Å². The Labute approximate surface area is 109 Å². The van der Waals surface area contributed by atoms with Crippen LogP contribution in [0.4, 0.5) is 5.82 Å². The molecule has 1 saturated carbocycles. The lowest BCUT2D eigenvalue weighted by molar-refractivity contribution is 0.170. The molecule has 1 aromatic rings. The fourth-order valence-corrected chi connectivity index (χ4v) is 2.58. The highest BCUT2D eigenvalue weighted by Crippen LogP contribution is 2.28. The number of anilines is 1. The van der Waals surface area contributed by atoms with Crippen molar-refractivity contribution in [3.05, 3.63) is 17.6 Å². The van der Waals surface area contributed by atoms with Gasteiger partial charge in [0.25, 0.3) is 0 Å². The molecule has 0 unspecified atom stereocenters. The summed E-state index contributed by atoms with van der Waals surface area (Å²) in [5.41, 5.74) is 2.18. The number of hydrogen-bond donors (Lipinski definition) is 2. The van der Waals surface area contributed by atoms with Crippen molar-refractivity contribution in [1.29, 1.82) is 0 Å². The molecule has 0 amide bonds. The van der Waals surface area contributed by atoms with Gasteiger partial charge in [-0.3, -0.25) is 0 Å². The third-order valence-electron chi connectivity index (χ3n) is 4.12. The Morgan fingerprint density at radius 3 is 2.50 bits per heavy atom. The zero-order valence-electron chi connectivity index (χ0n) is 11.3. The van der Waals surface area contributed by atoms with Gasteiger partial charge in [-0.25, -0.2) is 9.97 Å². The maximum Gasteiger partial charge on any atom is 0.132 e. The van der Waals surface area contributed by atoms with Crippen molar-refractivity contribution < 1.29 is 5.11 Å². The molecule has 0 radical (unpaired) electrons. The van der Waals surface area contributed by atoms with Crippen LogP contribution >= 0.6 is 0 Å². The number of aryl methyl sites for hydroxylation is 1. The lowest BCUT2D eigenvalue weighted by atomic mass is 9.82. The lowest BCUT2D eigenvalue weighted by Crippen LogP contribution is -2.23. The highest BCUT2D eigenvalue weighted by Gasteiger charge is 2.20. The molecule has 18 heavy (non-hydrogen) atoms. The summed E-state index contributed by atoms with van der Waals surface area (Å²) in [4.78, 5) is 8.47. The van der Waals surface area contributed by atoms with Crippen molar-refractivity contribution in [2.45, 2.75) is 39.5 Å². The summed E-state index contributed by atoms with van der Waals surface area (Å²) < 4.78 is 0. The minimum Gasteiger partial charge on any atom is -0.396 e. The predicted octanol–water partition coefficient (Wildman–Crippen LogP) is 2.30. The topological polar surface area (TPSA) is 58.0 Å². The lowest BCUT2D eigenvalue weighted by Gasteiger charge is -2.27. The van der Waals surface area contributed by atoms with Crippen LogP contribution in [0.2, 0.25) is 0 Å².